The second-order valence-corrected chi connectivity index (χ2v) is 6.66. The van der Waals surface area contributed by atoms with Gasteiger partial charge in [-0.3, -0.25) is 4.72 Å². The average molecular weight is 331 g/mol. The number of aryl methyl sites for hydroxylation is 1. The molecule has 2 aromatic carbocycles. The van der Waals surface area contributed by atoms with E-state index in [-0.39, 0.29) is 16.7 Å². The molecule has 0 saturated carbocycles. The third kappa shape index (κ3) is 2.78. The van der Waals surface area contributed by atoms with Crippen LogP contribution in [0.3, 0.4) is 0 Å². The molecule has 0 spiro atoms. The molecule has 0 amide bonds. The molecule has 0 aliphatic carbocycles. The highest BCUT2D eigenvalue weighted by atomic mass is 32.2. The molecule has 3 rings (SSSR count). The van der Waals surface area contributed by atoms with E-state index in [1.165, 1.54) is 18.2 Å². The number of hydrogen-bond acceptors (Lipinski definition) is 5. The zero-order chi connectivity index (χ0) is 16.6. The van der Waals surface area contributed by atoms with Gasteiger partial charge in [0.15, 0.2) is 5.75 Å². The van der Waals surface area contributed by atoms with E-state index >= 15 is 0 Å². The van der Waals surface area contributed by atoms with Crippen molar-refractivity contribution in [3.63, 3.8) is 0 Å². The Hall–Kier alpha value is -2.80. The SMILES string of the molecule is Cc1ccc2oc(=O)c(S(=O)(=O)Nc3ccccc3)c(O)c2c1. The first kappa shape index (κ1) is 15.1. The molecule has 6 nitrogen and oxygen atoms in total. The minimum absolute atomic E-state index is 0.122. The number of fused-ring (bicyclic) bond motifs is 1. The predicted octanol–water partition coefficient (Wildman–Crippen LogP) is 2.61. The highest BCUT2D eigenvalue weighted by molar-refractivity contribution is 7.92. The van der Waals surface area contributed by atoms with Gasteiger partial charge in [-0.25, -0.2) is 13.2 Å². The predicted molar refractivity (Wildman–Crippen MR) is 86.1 cm³/mol. The standard InChI is InChI=1S/C16H13NO5S/c1-10-7-8-13-12(9-10)14(18)15(16(19)22-13)23(20,21)17-11-5-3-2-4-6-11/h2-9,17-18H,1H3. The Balaban J connectivity index is 2.21. The number of nitrogens with one attached hydrogen (secondary N) is 1. The summed E-state index contributed by atoms with van der Waals surface area (Å²) in [6.07, 6.45) is 0. The van der Waals surface area contributed by atoms with E-state index in [0.29, 0.717) is 0 Å². The fourth-order valence-electron chi connectivity index (χ4n) is 2.23. The van der Waals surface area contributed by atoms with Crippen molar-refractivity contribution in [3.8, 4) is 5.75 Å². The fourth-order valence-corrected chi connectivity index (χ4v) is 3.41. The van der Waals surface area contributed by atoms with Gasteiger partial charge in [0.2, 0.25) is 4.90 Å². The van der Waals surface area contributed by atoms with Crippen molar-refractivity contribution in [2.45, 2.75) is 11.8 Å². The molecule has 0 aliphatic heterocycles. The van der Waals surface area contributed by atoms with Crippen LogP contribution in [-0.4, -0.2) is 13.5 Å². The highest BCUT2D eigenvalue weighted by Gasteiger charge is 2.27. The van der Waals surface area contributed by atoms with Crippen molar-refractivity contribution in [2.24, 2.45) is 0 Å². The van der Waals surface area contributed by atoms with Crippen LogP contribution < -0.4 is 10.3 Å². The molecule has 2 N–H and O–H groups in total. The molecule has 0 unspecified atom stereocenters. The summed E-state index contributed by atoms with van der Waals surface area (Å²) < 4.78 is 32.1. The van der Waals surface area contributed by atoms with E-state index in [0.717, 1.165) is 5.56 Å². The summed E-state index contributed by atoms with van der Waals surface area (Å²) in [6, 6.07) is 12.8. The summed E-state index contributed by atoms with van der Waals surface area (Å²) in [5, 5.41) is 10.5. The maximum atomic E-state index is 12.4. The Morgan fingerprint density at radius 3 is 2.48 bits per heavy atom. The number of anilines is 1. The molecular formula is C16H13NO5S. The molecular weight excluding hydrogens is 318 g/mol. The van der Waals surface area contributed by atoms with Crippen molar-refractivity contribution in [1.29, 1.82) is 0 Å². The summed E-state index contributed by atoms with van der Waals surface area (Å²) >= 11 is 0. The monoisotopic (exact) mass is 331 g/mol. The van der Waals surface area contributed by atoms with Gasteiger partial charge in [-0.15, -0.1) is 0 Å². The highest BCUT2D eigenvalue weighted by Crippen LogP contribution is 2.30. The van der Waals surface area contributed by atoms with Crippen molar-refractivity contribution < 1.29 is 17.9 Å². The Morgan fingerprint density at radius 1 is 1.09 bits per heavy atom. The van der Waals surface area contributed by atoms with Crippen molar-refractivity contribution >= 4 is 26.7 Å². The number of benzene rings is 2. The van der Waals surface area contributed by atoms with E-state index in [4.69, 9.17) is 4.42 Å². The van der Waals surface area contributed by atoms with E-state index in [2.05, 4.69) is 4.72 Å². The maximum absolute atomic E-state index is 12.4. The molecule has 0 radical (unpaired) electrons. The van der Waals surface area contributed by atoms with E-state index in [1.54, 1.807) is 37.3 Å². The van der Waals surface area contributed by atoms with Crippen LogP contribution in [0.5, 0.6) is 5.75 Å². The van der Waals surface area contributed by atoms with Crippen LogP contribution in [0, 0.1) is 6.92 Å². The van der Waals surface area contributed by atoms with Crippen LogP contribution in [0.1, 0.15) is 5.56 Å². The molecule has 7 heteroatoms. The molecule has 0 atom stereocenters. The molecule has 1 aromatic heterocycles. The Morgan fingerprint density at radius 2 is 1.78 bits per heavy atom. The number of aromatic hydroxyl groups is 1. The van der Waals surface area contributed by atoms with Gasteiger partial charge in [0.25, 0.3) is 10.0 Å². The first-order valence-corrected chi connectivity index (χ1v) is 8.21. The molecule has 0 saturated heterocycles. The largest absolute Gasteiger partial charge is 0.505 e. The minimum Gasteiger partial charge on any atom is -0.505 e. The van der Waals surface area contributed by atoms with Gasteiger partial charge in [0, 0.05) is 5.69 Å². The maximum Gasteiger partial charge on any atom is 0.361 e. The van der Waals surface area contributed by atoms with Crippen LogP contribution >= 0.6 is 0 Å². The third-order valence-electron chi connectivity index (χ3n) is 3.29. The second-order valence-electron chi connectivity index (χ2n) is 5.04. The minimum atomic E-state index is -4.29. The van der Waals surface area contributed by atoms with E-state index in [1.807, 2.05) is 0 Å². The van der Waals surface area contributed by atoms with Crippen LogP contribution in [0.4, 0.5) is 5.69 Å². The summed E-state index contributed by atoms with van der Waals surface area (Å²) in [4.78, 5) is 11.2. The second kappa shape index (κ2) is 5.44. The van der Waals surface area contributed by atoms with Gasteiger partial charge in [0.1, 0.15) is 5.58 Å². The lowest BCUT2D eigenvalue weighted by Crippen LogP contribution is -2.21. The van der Waals surface area contributed by atoms with Gasteiger partial charge >= 0.3 is 5.63 Å². The normalized spacial score (nSPS) is 11.5. The third-order valence-corrected chi connectivity index (χ3v) is 4.69. The van der Waals surface area contributed by atoms with Gasteiger partial charge in [-0.1, -0.05) is 29.8 Å². The number of hydrogen-bond donors (Lipinski definition) is 2. The first-order chi connectivity index (χ1) is 10.9. The number of rotatable bonds is 3. The Bertz CT molecular complexity index is 1040. The van der Waals surface area contributed by atoms with E-state index < -0.39 is 26.3 Å². The van der Waals surface area contributed by atoms with Crippen LogP contribution in [0.25, 0.3) is 11.0 Å². The summed E-state index contributed by atoms with van der Waals surface area (Å²) in [7, 11) is -4.29. The average Bonchev–Trinajstić information content (AvgIpc) is 2.48. The van der Waals surface area contributed by atoms with Gasteiger partial charge < -0.3 is 9.52 Å². The summed E-state index contributed by atoms with van der Waals surface area (Å²) in [5.74, 6) is -0.622. The first-order valence-electron chi connectivity index (χ1n) is 6.73. The lowest BCUT2D eigenvalue weighted by molar-refractivity contribution is 0.442. The number of para-hydroxylation sites is 1. The smallest absolute Gasteiger partial charge is 0.361 e. The Labute approximate surface area is 132 Å². The fraction of sp³-hybridized carbons (Fsp3) is 0.0625. The van der Waals surface area contributed by atoms with Gasteiger partial charge in [-0.2, -0.15) is 0 Å². The van der Waals surface area contributed by atoms with Crippen molar-refractivity contribution in [2.75, 3.05) is 4.72 Å². The zero-order valence-corrected chi connectivity index (χ0v) is 12.9. The van der Waals surface area contributed by atoms with Gasteiger partial charge in [0.05, 0.1) is 5.39 Å². The summed E-state index contributed by atoms with van der Waals surface area (Å²) in [5.41, 5.74) is 0.0655. The quantitative estimate of drug-likeness (QED) is 0.719. The van der Waals surface area contributed by atoms with Gasteiger partial charge in [-0.05, 0) is 31.2 Å². The van der Waals surface area contributed by atoms with Crippen LogP contribution in [0.15, 0.2) is 62.6 Å². The molecule has 0 fully saturated rings. The lowest BCUT2D eigenvalue weighted by Gasteiger charge is -2.10. The Kier molecular flexibility index (Phi) is 3.57. The van der Waals surface area contributed by atoms with Crippen molar-refractivity contribution in [3.05, 3.63) is 64.5 Å². The molecule has 0 bridgehead atoms. The van der Waals surface area contributed by atoms with Crippen LogP contribution in [0.2, 0.25) is 0 Å². The lowest BCUT2D eigenvalue weighted by atomic mass is 10.1. The molecule has 3 aromatic rings. The topological polar surface area (TPSA) is 96.6 Å². The molecule has 0 aliphatic rings. The number of sulfonamides is 1. The zero-order valence-electron chi connectivity index (χ0n) is 12.1. The molecule has 118 valence electrons. The molecule has 23 heavy (non-hydrogen) atoms. The van der Waals surface area contributed by atoms with E-state index in [9.17, 15) is 18.3 Å². The summed E-state index contributed by atoms with van der Waals surface area (Å²) in [6.45, 7) is 1.78. The molecule has 1 heterocycles. The van der Waals surface area contributed by atoms with Crippen LogP contribution in [-0.2, 0) is 10.0 Å². The van der Waals surface area contributed by atoms with Crippen molar-refractivity contribution in [1.82, 2.24) is 0 Å².